The molecule has 0 radical (unpaired) electrons. The minimum atomic E-state index is -0.267. The van der Waals surface area contributed by atoms with Crippen molar-refractivity contribution in [2.45, 2.75) is 19.3 Å². The van der Waals surface area contributed by atoms with E-state index in [0.717, 1.165) is 28.7 Å². The third kappa shape index (κ3) is 3.20. The van der Waals surface area contributed by atoms with E-state index in [9.17, 15) is 9.50 Å². The second-order valence-electron chi connectivity index (χ2n) is 5.88. The summed E-state index contributed by atoms with van der Waals surface area (Å²) in [5.41, 5.74) is 10.5. The van der Waals surface area contributed by atoms with Crippen molar-refractivity contribution in [1.82, 2.24) is 0 Å². The van der Waals surface area contributed by atoms with E-state index in [1.165, 1.54) is 25.0 Å². The number of nitrogen functional groups attached to an aromatic ring is 1. The molecule has 1 saturated carbocycles. The molecule has 0 aliphatic heterocycles. The third-order valence-corrected chi connectivity index (χ3v) is 4.14. The molecule has 22 heavy (non-hydrogen) atoms. The fraction of sp³-hybridized carbons (Fsp3) is 0.263. The molecule has 1 aliphatic rings. The van der Waals surface area contributed by atoms with Gasteiger partial charge >= 0.3 is 0 Å². The van der Waals surface area contributed by atoms with Crippen molar-refractivity contribution in [3.63, 3.8) is 0 Å². The molecule has 0 unspecified atom stereocenters. The number of nitrogens with two attached hydrogens (primary N) is 1. The molecule has 3 heteroatoms. The average molecular weight is 297 g/mol. The van der Waals surface area contributed by atoms with E-state index in [0.29, 0.717) is 11.6 Å². The Hall–Kier alpha value is -2.13. The van der Waals surface area contributed by atoms with Crippen LogP contribution in [-0.2, 0) is 0 Å². The highest BCUT2D eigenvalue weighted by Gasteiger charge is 2.25. The molecule has 2 nitrogen and oxygen atoms in total. The van der Waals surface area contributed by atoms with Gasteiger partial charge in [0.1, 0.15) is 5.82 Å². The first kappa shape index (κ1) is 14.8. The molecule has 0 aromatic heterocycles. The maximum atomic E-state index is 13.2. The topological polar surface area (TPSA) is 46.2 Å². The maximum Gasteiger partial charge on any atom is 0.123 e. The largest absolute Gasteiger partial charge is 0.398 e. The van der Waals surface area contributed by atoms with E-state index in [1.54, 1.807) is 12.1 Å². The molecular weight excluding hydrogens is 277 g/mol. The van der Waals surface area contributed by atoms with E-state index < -0.39 is 0 Å². The SMILES string of the molecule is Nc1ccccc1/C(=C(/CO)CC1CC1)c1ccc(F)cc1. The van der Waals surface area contributed by atoms with Crippen LogP contribution in [0, 0.1) is 11.7 Å². The van der Waals surface area contributed by atoms with Gasteiger partial charge in [0.15, 0.2) is 0 Å². The molecule has 2 aromatic carbocycles. The van der Waals surface area contributed by atoms with Crippen LogP contribution in [0.2, 0.25) is 0 Å². The first-order valence-corrected chi connectivity index (χ1v) is 7.62. The lowest BCUT2D eigenvalue weighted by molar-refractivity contribution is 0.325. The number of hydrogen-bond donors (Lipinski definition) is 2. The van der Waals surface area contributed by atoms with Crippen molar-refractivity contribution < 1.29 is 9.50 Å². The Labute approximate surface area is 130 Å². The van der Waals surface area contributed by atoms with Gasteiger partial charge in [0, 0.05) is 11.3 Å². The van der Waals surface area contributed by atoms with Crippen molar-refractivity contribution in [3.8, 4) is 0 Å². The number of anilines is 1. The quantitative estimate of drug-likeness (QED) is 0.819. The zero-order valence-corrected chi connectivity index (χ0v) is 12.4. The Morgan fingerprint density at radius 1 is 1.09 bits per heavy atom. The molecule has 0 amide bonds. The lowest BCUT2D eigenvalue weighted by Gasteiger charge is -2.17. The van der Waals surface area contributed by atoms with E-state index in [2.05, 4.69) is 0 Å². The van der Waals surface area contributed by atoms with E-state index >= 15 is 0 Å². The summed E-state index contributed by atoms with van der Waals surface area (Å²) >= 11 is 0. The Morgan fingerprint density at radius 2 is 1.77 bits per heavy atom. The zero-order valence-electron chi connectivity index (χ0n) is 12.4. The molecule has 2 aromatic rings. The van der Waals surface area contributed by atoms with Crippen LogP contribution in [0.5, 0.6) is 0 Å². The van der Waals surface area contributed by atoms with Crippen LogP contribution < -0.4 is 5.73 Å². The fourth-order valence-electron chi connectivity index (χ4n) is 2.81. The molecule has 114 valence electrons. The number of rotatable bonds is 5. The molecule has 0 saturated heterocycles. The summed E-state index contributed by atoms with van der Waals surface area (Å²) in [5.74, 6) is 0.388. The van der Waals surface area contributed by atoms with Gasteiger partial charge in [-0.15, -0.1) is 0 Å². The molecule has 1 aliphatic carbocycles. The van der Waals surface area contributed by atoms with Gasteiger partial charge in [0.2, 0.25) is 0 Å². The highest BCUT2D eigenvalue weighted by molar-refractivity contribution is 5.87. The average Bonchev–Trinajstić information content (AvgIpc) is 3.34. The van der Waals surface area contributed by atoms with Gasteiger partial charge < -0.3 is 10.8 Å². The summed E-state index contributed by atoms with van der Waals surface area (Å²) in [4.78, 5) is 0. The number of aliphatic hydroxyl groups is 1. The Balaban J connectivity index is 2.14. The summed E-state index contributed by atoms with van der Waals surface area (Å²) in [6.07, 6.45) is 3.30. The van der Waals surface area contributed by atoms with Gasteiger partial charge in [-0.2, -0.15) is 0 Å². The minimum Gasteiger partial charge on any atom is -0.398 e. The van der Waals surface area contributed by atoms with Crippen molar-refractivity contribution in [3.05, 3.63) is 71.0 Å². The highest BCUT2D eigenvalue weighted by Crippen LogP contribution is 2.39. The summed E-state index contributed by atoms with van der Waals surface area (Å²) in [7, 11) is 0. The lowest BCUT2D eigenvalue weighted by Crippen LogP contribution is -2.03. The van der Waals surface area contributed by atoms with Crippen LogP contribution in [0.4, 0.5) is 10.1 Å². The van der Waals surface area contributed by atoms with Crippen molar-refractivity contribution in [1.29, 1.82) is 0 Å². The third-order valence-electron chi connectivity index (χ3n) is 4.14. The molecule has 1 fully saturated rings. The van der Waals surface area contributed by atoms with E-state index in [-0.39, 0.29) is 12.4 Å². The molecule has 3 rings (SSSR count). The van der Waals surface area contributed by atoms with Crippen LogP contribution in [0.25, 0.3) is 5.57 Å². The van der Waals surface area contributed by atoms with Crippen LogP contribution in [0.1, 0.15) is 30.4 Å². The van der Waals surface area contributed by atoms with Crippen LogP contribution in [-0.4, -0.2) is 11.7 Å². The standard InChI is InChI=1S/C19H20FNO/c20-16-9-7-14(8-10-16)19(15(12-22)11-13-5-6-13)17-3-1-2-4-18(17)21/h1-4,7-10,13,22H,5-6,11-12,21H2/b19-15+. The van der Waals surface area contributed by atoms with Crippen LogP contribution >= 0.6 is 0 Å². The summed E-state index contributed by atoms with van der Waals surface area (Å²) in [5, 5.41) is 9.87. The predicted molar refractivity (Wildman–Crippen MR) is 87.7 cm³/mol. The number of aliphatic hydroxyl groups excluding tert-OH is 1. The van der Waals surface area contributed by atoms with Crippen LogP contribution in [0.3, 0.4) is 0 Å². The van der Waals surface area contributed by atoms with Crippen LogP contribution in [0.15, 0.2) is 54.1 Å². The van der Waals surface area contributed by atoms with Crippen molar-refractivity contribution in [2.24, 2.45) is 5.92 Å². The number of hydrogen-bond acceptors (Lipinski definition) is 2. The predicted octanol–water partition coefficient (Wildman–Crippen LogP) is 4.00. The smallest absolute Gasteiger partial charge is 0.123 e. The van der Waals surface area contributed by atoms with E-state index in [4.69, 9.17) is 5.73 Å². The monoisotopic (exact) mass is 297 g/mol. The normalized spacial score (nSPS) is 15.5. The van der Waals surface area contributed by atoms with Gasteiger partial charge in [0.05, 0.1) is 6.61 Å². The molecule has 0 spiro atoms. The van der Waals surface area contributed by atoms with Crippen molar-refractivity contribution in [2.75, 3.05) is 12.3 Å². The first-order valence-electron chi connectivity index (χ1n) is 7.62. The number of benzene rings is 2. The highest BCUT2D eigenvalue weighted by atomic mass is 19.1. The Kier molecular flexibility index (Phi) is 4.25. The summed E-state index contributed by atoms with van der Waals surface area (Å²) < 4.78 is 13.2. The Morgan fingerprint density at radius 3 is 2.36 bits per heavy atom. The maximum absolute atomic E-state index is 13.2. The Bertz CT molecular complexity index is 687. The van der Waals surface area contributed by atoms with Gasteiger partial charge in [-0.1, -0.05) is 30.3 Å². The van der Waals surface area contributed by atoms with Gasteiger partial charge in [0.25, 0.3) is 0 Å². The molecule has 0 bridgehead atoms. The minimum absolute atomic E-state index is 0.00244. The second kappa shape index (κ2) is 6.32. The summed E-state index contributed by atoms with van der Waals surface area (Å²) in [6, 6.07) is 14.0. The first-order chi connectivity index (χ1) is 10.7. The van der Waals surface area contributed by atoms with Gasteiger partial charge in [-0.3, -0.25) is 0 Å². The summed E-state index contributed by atoms with van der Waals surface area (Å²) in [6.45, 7) is -0.00244. The number of para-hydroxylation sites is 1. The van der Waals surface area contributed by atoms with Gasteiger partial charge in [-0.05, 0) is 60.1 Å². The van der Waals surface area contributed by atoms with Gasteiger partial charge in [-0.25, -0.2) is 4.39 Å². The number of halogens is 1. The molecule has 0 heterocycles. The lowest BCUT2D eigenvalue weighted by atomic mass is 9.90. The van der Waals surface area contributed by atoms with Crippen molar-refractivity contribution >= 4 is 11.3 Å². The zero-order chi connectivity index (χ0) is 15.5. The fourth-order valence-corrected chi connectivity index (χ4v) is 2.81. The molecule has 3 N–H and O–H groups in total. The molecule has 0 atom stereocenters. The molecular formula is C19H20FNO. The second-order valence-corrected chi connectivity index (χ2v) is 5.88. The van der Waals surface area contributed by atoms with E-state index in [1.807, 2.05) is 24.3 Å².